The normalized spacial score (nSPS) is 19.4. The lowest BCUT2D eigenvalue weighted by Crippen LogP contribution is -2.39. The maximum Gasteiger partial charge on any atom is 0.108 e. The van der Waals surface area contributed by atoms with Gasteiger partial charge >= 0.3 is 0 Å². The van der Waals surface area contributed by atoms with E-state index in [9.17, 15) is 0 Å². The van der Waals surface area contributed by atoms with Gasteiger partial charge in [-0.05, 0) is 6.42 Å². The molecule has 0 unspecified atom stereocenters. The summed E-state index contributed by atoms with van der Waals surface area (Å²) in [7, 11) is 0. The fourth-order valence-corrected chi connectivity index (χ4v) is 0.831. The first-order valence-corrected chi connectivity index (χ1v) is 3.78. The highest BCUT2D eigenvalue weighted by Crippen LogP contribution is 2.05. The van der Waals surface area contributed by atoms with Gasteiger partial charge in [0.1, 0.15) is 12.2 Å². The third-order valence-corrected chi connectivity index (χ3v) is 1.56. The highest BCUT2D eigenvalue weighted by Gasteiger charge is 2.22. The van der Waals surface area contributed by atoms with E-state index >= 15 is 0 Å². The first kappa shape index (κ1) is 10.8. The van der Waals surface area contributed by atoms with Crippen molar-refractivity contribution in [1.29, 1.82) is 0 Å². The first-order valence-electron chi connectivity index (χ1n) is 3.78. The van der Waals surface area contributed by atoms with Gasteiger partial charge in [-0.2, -0.15) is 0 Å². The van der Waals surface area contributed by atoms with Crippen molar-refractivity contribution in [2.75, 3.05) is 6.61 Å². The average Bonchev–Trinajstić information content (AvgIpc) is 2.02. The van der Waals surface area contributed by atoms with Crippen LogP contribution in [0.5, 0.6) is 0 Å². The Labute approximate surface area is 66.1 Å². The highest BCUT2D eigenvalue weighted by atomic mass is 16.4. The summed E-state index contributed by atoms with van der Waals surface area (Å²) < 4.78 is 0. The van der Waals surface area contributed by atoms with Crippen LogP contribution in [-0.2, 0) is 0 Å². The second kappa shape index (κ2) is 5.49. The van der Waals surface area contributed by atoms with Gasteiger partial charge in [-0.15, -0.1) is 0 Å². The van der Waals surface area contributed by atoms with E-state index in [-0.39, 0.29) is 0 Å². The molecule has 11 heavy (non-hydrogen) atoms. The van der Waals surface area contributed by atoms with Gasteiger partial charge in [-0.3, -0.25) is 0 Å². The molecule has 0 aliphatic carbocycles. The van der Waals surface area contributed by atoms with Crippen molar-refractivity contribution in [2.45, 2.75) is 38.1 Å². The van der Waals surface area contributed by atoms with Crippen LogP contribution >= 0.6 is 0 Å². The van der Waals surface area contributed by atoms with Crippen LogP contribution in [0.3, 0.4) is 0 Å². The quantitative estimate of drug-likeness (QED) is 0.414. The molecule has 3 atom stereocenters. The van der Waals surface area contributed by atoms with Crippen LogP contribution in [0, 0.1) is 0 Å². The Balaban J connectivity index is 3.70. The molecule has 0 aromatic heterocycles. The summed E-state index contributed by atoms with van der Waals surface area (Å²) in [5, 5.41) is 35.4. The Morgan fingerprint density at radius 1 is 1.09 bits per heavy atom. The van der Waals surface area contributed by atoms with Crippen LogP contribution in [0.1, 0.15) is 19.8 Å². The zero-order chi connectivity index (χ0) is 8.85. The van der Waals surface area contributed by atoms with Crippen LogP contribution < -0.4 is 0 Å². The third kappa shape index (κ3) is 3.67. The zero-order valence-electron chi connectivity index (χ0n) is 6.64. The highest BCUT2D eigenvalue weighted by molar-refractivity contribution is 4.73. The molecule has 0 aromatic rings. The van der Waals surface area contributed by atoms with Crippen LogP contribution in [0.25, 0.3) is 0 Å². The molecule has 0 radical (unpaired) electrons. The lowest BCUT2D eigenvalue weighted by Gasteiger charge is -2.20. The molecule has 0 saturated carbocycles. The van der Waals surface area contributed by atoms with E-state index in [1.165, 1.54) is 0 Å². The molecule has 4 nitrogen and oxygen atoms in total. The van der Waals surface area contributed by atoms with E-state index in [0.717, 1.165) is 6.42 Å². The number of aliphatic hydroxyl groups is 4. The van der Waals surface area contributed by atoms with Gasteiger partial charge < -0.3 is 20.4 Å². The van der Waals surface area contributed by atoms with Gasteiger partial charge in [0.2, 0.25) is 0 Å². The standard InChI is InChI=1S/C7H16O4/c1-2-3-5(9)7(11)6(10)4-8/h5-11H,2-4H2,1H3/t5-,6-,7+/m1/s1. The van der Waals surface area contributed by atoms with Crippen molar-refractivity contribution in [1.82, 2.24) is 0 Å². The summed E-state index contributed by atoms with van der Waals surface area (Å²) in [5.74, 6) is 0. The molecule has 0 rings (SSSR count). The Hall–Kier alpha value is -0.160. The molecule has 0 fully saturated rings. The van der Waals surface area contributed by atoms with E-state index in [0.29, 0.717) is 6.42 Å². The molecular formula is C7H16O4. The van der Waals surface area contributed by atoms with Crippen molar-refractivity contribution >= 4 is 0 Å². The summed E-state index contributed by atoms with van der Waals surface area (Å²) in [6.45, 7) is 1.34. The number of rotatable bonds is 5. The number of aliphatic hydroxyl groups excluding tert-OH is 4. The smallest absolute Gasteiger partial charge is 0.108 e. The molecule has 0 bridgehead atoms. The number of hydrogen-bond acceptors (Lipinski definition) is 4. The van der Waals surface area contributed by atoms with Crippen LogP contribution in [0.15, 0.2) is 0 Å². The summed E-state index contributed by atoms with van der Waals surface area (Å²) in [5.41, 5.74) is 0. The predicted octanol–water partition coefficient (Wildman–Crippen LogP) is -1.14. The van der Waals surface area contributed by atoms with Crippen molar-refractivity contribution in [3.63, 3.8) is 0 Å². The molecule has 0 aliphatic heterocycles. The van der Waals surface area contributed by atoms with Crippen molar-refractivity contribution in [2.24, 2.45) is 0 Å². The van der Waals surface area contributed by atoms with E-state index < -0.39 is 24.9 Å². The van der Waals surface area contributed by atoms with Crippen molar-refractivity contribution in [3.05, 3.63) is 0 Å². The van der Waals surface area contributed by atoms with Crippen molar-refractivity contribution < 1.29 is 20.4 Å². The van der Waals surface area contributed by atoms with Crippen molar-refractivity contribution in [3.8, 4) is 0 Å². The van der Waals surface area contributed by atoms with Gasteiger partial charge in [0, 0.05) is 0 Å². The zero-order valence-corrected chi connectivity index (χ0v) is 6.64. The molecule has 0 aliphatic rings. The monoisotopic (exact) mass is 164 g/mol. The molecule has 4 heteroatoms. The Bertz CT molecular complexity index is 96.4. The fourth-order valence-electron chi connectivity index (χ4n) is 0.831. The molecular weight excluding hydrogens is 148 g/mol. The van der Waals surface area contributed by atoms with Gasteiger partial charge in [-0.1, -0.05) is 13.3 Å². The van der Waals surface area contributed by atoms with Crippen LogP contribution in [0.4, 0.5) is 0 Å². The lowest BCUT2D eigenvalue weighted by molar-refractivity contribution is -0.0782. The minimum absolute atomic E-state index is 0.429. The topological polar surface area (TPSA) is 80.9 Å². The van der Waals surface area contributed by atoms with Gasteiger partial charge in [-0.25, -0.2) is 0 Å². The molecule has 0 saturated heterocycles. The summed E-state index contributed by atoms with van der Waals surface area (Å²) in [6, 6.07) is 0. The summed E-state index contributed by atoms with van der Waals surface area (Å²) in [4.78, 5) is 0. The predicted molar refractivity (Wildman–Crippen MR) is 40.0 cm³/mol. The average molecular weight is 164 g/mol. The molecule has 68 valence electrons. The maximum absolute atomic E-state index is 9.10. The second-order valence-electron chi connectivity index (χ2n) is 2.60. The molecule has 0 spiro atoms. The molecule has 0 amide bonds. The fraction of sp³-hybridized carbons (Fsp3) is 1.00. The van der Waals surface area contributed by atoms with E-state index in [2.05, 4.69) is 0 Å². The maximum atomic E-state index is 9.10. The third-order valence-electron chi connectivity index (χ3n) is 1.56. The Morgan fingerprint density at radius 3 is 2.00 bits per heavy atom. The van der Waals surface area contributed by atoms with E-state index in [1.807, 2.05) is 6.92 Å². The van der Waals surface area contributed by atoms with Gasteiger partial charge in [0.05, 0.1) is 12.7 Å². The van der Waals surface area contributed by atoms with E-state index in [1.54, 1.807) is 0 Å². The SMILES string of the molecule is CCC[C@@H](O)[C@H](O)[C@H](O)CO. The lowest BCUT2D eigenvalue weighted by atomic mass is 10.0. The van der Waals surface area contributed by atoms with Gasteiger partial charge in [0.25, 0.3) is 0 Å². The van der Waals surface area contributed by atoms with E-state index in [4.69, 9.17) is 20.4 Å². The molecule has 4 N–H and O–H groups in total. The Kier molecular flexibility index (Phi) is 5.41. The van der Waals surface area contributed by atoms with Gasteiger partial charge in [0.15, 0.2) is 0 Å². The van der Waals surface area contributed by atoms with Crippen LogP contribution in [0.2, 0.25) is 0 Å². The Morgan fingerprint density at radius 2 is 1.64 bits per heavy atom. The summed E-state index contributed by atoms with van der Waals surface area (Å²) in [6.07, 6.45) is -2.26. The first-order chi connectivity index (χ1) is 5.13. The molecule has 0 heterocycles. The second-order valence-corrected chi connectivity index (χ2v) is 2.60. The van der Waals surface area contributed by atoms with Crippen LogP contribution in [-0.4, -0.2) is 45.3 Å². The largest absolute Gasteiger partial charge is 0.394 e. The minimum Gasteiger partial charge on any atom is -0.394 e. The minimum atomic E-state index is -1.24. The number of hydrogen-bond donors (Lipinski definition) is 4. The summed E-state index contributed by atoms with van der Waals surface area (Å²) >= 11 is 0. The molecule has 0 aromatic carbocycles.